The Morgan fingerprint density at radius 2 is 2.40 bits per heavy atom. The van der Waals surface area contributed by atoms with Gasteiger partial charge in [0.15, 0.2) is 0 Å². The second-order valence-electron chi connectivity index (χ2n) is 4.54. The van der Waals surface area contributed by atoms with Crippen molar-refractivity contribution >= 4 is 11.9 Å². The standard InChI is InChI=1S/C14H24N4O2/c1-4-7-11(10-17-14(19)20-3)18-9-6-8-12(18)13(15)16-5-2/h5,7,12H,2,4,6,8-10H2,1,3H3,(H2,15,16)(H,17,19)/b11-7+. The lowest BCUT2D eigenvalue weighted by Crippen LogP contribution is -2.42. The fourth-order valence-corrected chi connectivity index (χ4v) is 2.37. The highest BCUT2D eigenvalue weighted by Crippen LogP contribution is 2.22. The van der Waals surface area contributed by atoms with Crippen molar-refractivity contribution in [1.29, 1.82) is 0 Å². The maximum absolute atomic E-state index is 11.2. The minimum absolute atomic E-state index is 0.0743. The average Bonchev–Trinajstić information content (AvgIpc) is 2.92. The molecule has 0 aromatic heterocycles. The molecule has 0 aromatic rings. The van der Waals surface area contributed by atoms with Crippen LogP contribution in [0.5, 0.6) is 0 Å². The van der Waals surface area contributed by atoms with Crippen LogP contribution in [0.1, 0.15) is 26.2 Å². The summed E-state index contributed by atoms with van der Waals surface area (Å²) in [7, 11) is 1.35. The zero-order valence-corrected chi connectivity index (χ0v) is 12.3. The smallest absolute Gasteiger partial charge is 0.407 e. The van der Waals surface area contributed by atoms with E-state index in [-0.39, 0.29) is 6.04 Å². The molecule has 1 heterocycles. The van der Waals surface area contributed by atoms with E-state index < -0.39 is 6.09 Å². The van der Waals surface area contributed by atoms with Crippen LogP contribution in [0.3, 0.4) is 0 Å². The summed E-state index contributed by atoms with van der Waals surface area (Å²) in [5.41, 5.74) is 7.04. The summed E-state index contributed by atoms with van der Waals surface area (Å²) in [5.74, 6) is 0.567. The lowest BCUT2D eigenvalue weighted by molar-refractivity contribution is 0.171. The van der Waals surface area contributed by atoms with E-state index in [0.29, 0.717) is 12.4 Å². The number of likely N-dealkylation sites (tertiary alicyclic amines) is 1. The third-order valence-corrected chi connectivity index (χ3v) is 3.24. The van der Waals surface area contributed by atoms with Gasteiger partial charge in [-0.05, 0) is 19.3 Å². The molecule has 1 atom stereocenters. The fourth-order valence-electron chi connectivity index (χ4n) is 2.37. The highest BCUT2D eigenvalue weighted by Gasteiger charge is 2.28. The van der Waals surface area contributed by atoms with Crippen molar-refractivity contribution in [2.75, 3.05) is 20.2 Å². The molecule has 1 unspecified atom stereocenters. The summed E-state index contributed by atoms with van der Waals surface area (Å²) in [6.45, 7) is 6.97. The second-order valence-corrected chi connectivity index (χ2v) is 4.54. The topological polar surface area (TPSA) is 80.0 Å². The Kier molecular flexibility index (Phi) is 6.63. The summed E-state index contributed by atoms with van der Waals surface area (Å²) in [6.07, 6.45) is 6.02. The maximum atomic E-state index is 11.2. The number of amides is 1. The predicted octanol–water partition coefficient (Wildman–Crippen LogP) is 1.60. The van der Waals surface area contributed by atoms with E-state index in [1.54, 1.807) is 0 Å². The van der Waals surface area contributed by atoms with Crippen LogP contribution in [-0.4, -0.2) is 43.1 Å². The first kappa shape index (κ1) is 16.1. The summed E-state index contributed by atoms with van der Waals surface area (Å²) < 4.78 is 4.60. The van der Waals surface area contributed by atoms with Gasteiger partial charge >= 0.3 is 6.09 Å². The van der Waals surface area contributed by atoms with Gasteiger partial charge in [0.2, 0.25) is 0 Å². The molecular formula is C14H24N4O2. The monoisotopic (exact) mass is 280 g/mol. The second kappa shape index (κ2) is 8.24. The number of nitrogens with two attached hydrogens (primary N) is 1. The Balaban J connectivity index is 2.79. The average molecular weight is 280 g/mol. The van der Waals surface area contributed by atoms with Crippen molar-refractivity contribution in [3.63, 3.8) is 0 Å². The number of nitrogens with zero attached hydrogens (tertiary/aromatic N) is 2. The van der Waals surface area contributed by atoms with Gasteiger partial charge in [0, 0.05) is 18.4 Å². The highest BCUT2D eigenvalue weighted by atomic mass is 16.5. The van der Waals surface area contributed by atoms with Gasteiger partial charge in [-0.1, -0.05) is 19.6 Å². The van der Waals surface area contributed by atoms with Crippen molar-refractivity contribution in [3.8, 4) is 0 Å². The van der Waals surface area contributed by atoms with Crippen molar-refractivity contribution in [3.05, 3.63) is 24.6 Å². The van der Waals surface area contributed by atoms with Gasteiger partial charge in [-0.15, -0.1) is 0 Å². The van der Waals surface area contributed by atoms with Crippen molar-refractivity contribution in [2.45, 2.75) is 32.2 Å². The number of nitrogens with one attached hydrogen (secondary N) is 1. The Hall–Kier alpha value is -1.98. The molecule has 0 spiro atoms. The van der Waals surface area contributed by atoms with E-state index in [1.165, 1.54) is 13.3 Å². The molecule has 3 N–H and O–H groups in total. The SMILES string of the molecule is C=CN=C(N)C1CCCN1/C(=C/CC)CNC(=O)OC. The van der Waals surface area contributed by atoms with E-state index in [9.17, 15) is 4.79 Å². The number of alkyl carbamates (subject to hydrolysis) is 1. The quantitative estimate of drug-likeness (QED) is 0.572. The van der Waals surface area contributed by atoms with Crippen LogP contribution in [0.25, 0.3) is 0 Å². The molecule has 1 aliphatic rings. The first-order valence-electron chi connectivity index (χ1n) is 6.85. The molecule has 0 saturated carbocycles. The first-order valence-corrected chi connectivity index (χ1v) is 6.85. The summed E-state index contributed by atoms with van der Waals surface area (Å²) in [6, 6.07) is 0.0743. The molecule has 1 fully saturated rings. The summed E-state index contributed by atoms with van der Waals surface area (Å²) in [4.78, 5) is 17.5. The molecule has 1 aliphatic heterocycles. The minimum atomic E-state index is -0.435. The number of carbonyl (C=O) groups is 1. The fraction of sp³-hybridized carbons (Fsp3) is 0.571. The van der Waals surface area contributed by atoms with Crippen LogP contribution < -0.4 is 11.1 Å². The Labute approximate surface area is 120 Å². The number of aliphatic imine (C=N–C) groups is 1. The van der Waals surface area contributed by atoms with Gasteiger partial charge in [-0.2, -0.15) is 0 Å². The van der Waals surface area contributed by atoms with Crippen molar-refractivity contribution in [2.24, 2.45) is 10.7 Å². The maximum Gasteiger partial charge on any atom is 0.407 e. The molecular weight excluding hydrogens is 256 g/mol. The number of hydrogen-bond acceptors (Lipinski definition) is 4. The third kappa shape index (κ3) is 4.29. The molecule has 1 saturated heterocycles. The molecule has 0 bridgehead atoms. The minimum Gasteiger partial charge on any atom is -0.453 e. The van der Waals surface area contributed by atoms with Crippen LogP contribution in [0.2, 0.25) is 0 Å². The predicted molar refractivity (Wildman–Crippen MR) is 80.3 cm³/mol. The van der Waals surface area contributed by atoms with Gasteiger partial charge in [-0.25, -0.2) is 9.79 Å². The number of carbonyl (C=O) groups excluding carboxylic acids is 1. The van der Waals surface area contributed by atoms with Crippen molar-refractivity contribution < 1.29 is 9.53 Å². The lowest BCUT2D eigenvalue weighted by atomic mass is 10.2. The van der Waals surface area contributed by atoms with Crippen LogP contribution >= 0.6 is 0 Å². The number of allylic oxidation sites excluding steroid dienone is 1. The number of hydrogen-bond donors (Lipinski definition) is 2. The van der Waals surface area contributed by atoms with Gasteiger partial charge in [0.1, 0.15) is 5.84 Å². The molecule has 112 valence electrons. The zero-order chi connectivity index (χ0) is 15.0. The highest BCUT2D eigenvalue weighted by molar-refractivity contribution is 5.86. The number of rotatable bonds is 6. The molecule has 1 rings (SSSR count). The van der Waals surface area contributed by atoms with E-state index in [0.717, 1.165) is 31.5 Å². The third-order valence-electron chi connectivity index (χ3n) is 3.24. The number of amidine groups is 1. The molecule has 6 nitrogen and oxygen atoms in total. The molecule has 1 amide bonds. The molecule has 0 radical (unpaired) electrons. The van der Waals surface area contributed by atoms with Gasteiger partial charge in [0.25, 0.3) is 0 Å². The molecule has 0 aromatic carbocycles. The Morgan fingerprint density at radius 1 is 1.65 bits per heavy atom. The van der Waals surface area contributed by atoms with Gasteiger partial charge in [-0.3, -0.25) is 0 Å². The van der Waals surface area contributed by atoms with Crippen LogP contribution in [0.4, 0.5) is 4.79 Å². The molecule has 20 heavy (non-hydrogen) atoms. The van der Waals surface area contributed by atoms with Crippen molar-refractivity contribution in [1.82, 2.24) is 10.2 Å². The summed E-state index contributed by atoms with van der Waals surface area (Å²) in [5, 5.41) is 2.71. The van der Waals surface area contributed by atoms with E-state index in [2.05, 4.69) is 39.5 Å². The lowest BCUT2D eigenvalue weighted by Gasteiger charge is -2.29. The molecule has 0 aliphatic carbocycles. The van der Waals surface area contributed by atoms with Crippen LogP contribution in [-0.2, 0) is 4.74 Å². The van der Waals surface area contributed by atoms with Gasteiger partial charge < -0.3 is 20.7 Å². The van der Waals surface area contributed by atoms with E-state index in [4.69, 9.17) is 5.73 Å². The molecule has 6 heteroatoms. The Bertz CT molecular complexity index is 404. The Morgan fingerprint density at radius 3 is 3.00 bits per heavy atom. The van der Waals surface area contributed by atoms with Crippen LogP contribution in [0.15, 0.2) is 29.5 Å². The largest absolute Gasteiger partial charge is 0.453 e. The number of methoxy groups -OCH3 is 1. The van der Waals surface area contributed by atoms with Gasteiger partial charge in [0.05, 0.1) is 19.7 Å². The van der Waals surface area contributed by atoms with Crippen LogP contribution in [0, 0.1) is 0 Å². The van der Waals surface area contributed by atoms with E-state index in [1.807, 2.05) is 0 Å². The summed E-state index contributed by atoms with van der Waals surface area (Å²) >= 11 is 0. The normalized spacial score (nSPS) is 19.9. The number of ether oxygens (including phenoxy) is 1. The van der Waals surface area contributed by atoms with E-state index >= 15 is 0 Å². The first-order chi connectivity index (χ1) is 9.63. The zero-order valence-electron chi connectivity index (χ0n) is 12.3.